The number of H-pyrrole nitrogens is 1. The Kier molecular flexibility index (Phi) is 3.41. The smallest absolute Gasteiger partial charge is 0.257 e. The highest BCUT2D eigenvalue weighted by atomic mass is 19.1. The number of carbonyl (C=O) groups is 1. The van der Waals surface area contributed by atoms with E-state index in [0.29, 0.717) is 11.4 Å². The lowest BCUT2D eigenvalue weighted by atomic mass is 10.1. The van der Waals surface area contributed by atoms with Gasteiger partial charge in [0.1, 0.15) is 5.82 Å². The molecule has 2 rings (SSSR count). The molecule has 0 unspecified atom stereocenters. The Morgan fingerprint density at radius 2 is 2.22 bits per heavy atom. The summed E-state index contributed by atoms with van der Waals surface area (Å²) in [5.74, 6) is -0.344. The van der Waals surface area contributed by atoms with Crippen LogP contribution in [0.3, 0.4) is 0 Å². The fourth-order valence-electron chi connectivity index (χ4n) is 1.63. The molecule has 2 N–H and O–H groups in total. The second-order valence-electron chi connectivity index (χ2n) is 4.05. The molecule has 0 radical (unpaired) electrons. The Hall–Kier alpha value is -2.17. The molecule has 0 atom stereocenters. The third-order valence-corrected chi connectivity index (χ3v) is 2.70. The van der Waals surface area contributed by atoms with Gasteiger partial charge in [-0.2, -0.15) is 5.10 Å². The summed E-state index contributed by atoms with van der Waals surface area (Å²) >= 11 is 0. The number of anilines is 1. The van der Waals surface area contributed by atoms with Gasteiger partial charge < -0.3 is 5.32 Å². The van der Waals surface area contributed by atoms with Crippen molar-refractivity contribution in [1.29, 1.82) is 0 Å². The predicted molar refractivity (Wildman–Crippen MR) is 67.1 cm³/mol. The van der Waals surface area contributed by atoms with E-state index in [1.54, 1.807) is 19.1 Å². The first-order valence-corrected chi connectivity index (χ1v) is 5.72. The molecule has 94 valence electrons. The van der Waals surface area contributed by atoms with Crippen molar-refractivity contribution in [2.75, 3.05) is 5.32 Å². The minimum atomic E-state index is -0.429. The van der Waals surface area contributed by atoms with Crippen LogP contribution in [-0.2, 0) is 6.42 Å². The first-order chi connectivity index (χ1) is 8.60. The number of aryl methyl sites for hydroxylation is 2. The molecule has 4 nitrogen and oxygen atoms in total. The van der Waals surface area contributed by atoms with Gasteiger partial charge in [0.15, 0.2) is 5.82 Å². The molecule has 0 saturated heterocycles. The van der Waals surface area contributed by atoms with E-state index in [9.17, 15) is 9.18 Å². The molecule has 0 aliphatic heterocycles. The third kappa shape index (κ3) is 2.56. The Labute approximate surface area is 104 Å². The van der Waals surface area contributed by atoms with E-state index in [1.165, 1.54) is 12.1 Å². The zero-order valence-electron chi connectivity index (χ0n) is 10.2. The highest BCUT2D eigenvalue weighted by molar-refractivity contribution is 6.04. The number of amides is 1. The average molecular weight is 247 g/mol. The quantitative estimate of drug-likeness (QED) is 0.876. The Bertz CT molecular complexity index is 577. The first kappa shape index (κ1) is 12.3. The highest BCUT2D eigenvalue weighted by Crippen LogP contribution is 2.13. The van der Waals surface area contributed by atoms with Crippen LogP contribution >= 0.6 is 0 Å². The van der Waals surface area contributed by atoms with Crippen molar-refractivity contribution in [3.05, 3.63) is 46.9 Å². The topological polar surface area (TPSA) is 57.8 Å². The van der Waals surface area contributed by atoms with Crippen molar-refractivity contribution in [3.63, 3.8) is 0 Å². The van der Waals surface area contributed by atoms with E-state index in [-0.39, 0.29) is 5.91 Å². The van der Waals surface area contributed by atoms with Crippen LogP contribution in [0, 0.1) is 12.7 Å². The van der Waals surface area contributed by atoms with Gasteiger partial charge in [-0.3, -0.25) is 9.89 Å². The molecule has 0 aliphatic carbocycles. The molecule has 1 aromatic carbocycles. The zero-order chi connectivity index (χ0) is 13.1. The minimum absolute atomic E-state index is 0.316. The van der Waals surface area contributed by atoms with Crippen molar-refractivity contribution in [3.8, 4) is 0 Å². The predicted octanol–water partition coefficient (Wildman–Crippen LogP) is 2.67. The molecular formula is C13H14FN3O. The summed E-state index contributed by atoms with van der Waals surface area (Å²) in [6.45, 7) is 3.74. The van der Waals surface area contributed by atoms with Gasteiger partial charge in [-0.1, -0.05) is 13.0 Å². The minimum Gasteiger partial charge on any atom is -0.305 e. The van der Waals surface area contributed by atoms with Crippen LogP contribution in [0.15, 0.2) is 24.3 Å². The molecule has 0 saturated carbocycles. The van der Waals surface area contributed by atoms with E-state index in [0.717, 1.165) is 17.7 Å². The van der Waals surface area contributed by atoms with E-state index in [4.69, 9.17) is 0 Å². The molecular weight excluding hydrogens is 233 g/mol. The number of nitrogens with zero attached hydrogens (tertiary/aromatic N) is 1. The van der Waals surface area contributed by atoms with Crippen molar-refractivity contribution in [1.82, 2.24) is 10.2 Å². The van der Waals surface area contributed by atoms with Crippen LogP contribution in [0.4, 0.5) is 10.2 Å². The lowest BCUT2D eigenvalue weighted by Crippen LogP contribution is -2.14. The Morgan fingerprint density at radius 1 is 1.44 bits per heavy atom. The molecule has 1 amide bonds. The summed E-state index contributed by atoms with van der Waals surface area (Å²) < 4.78 is 13.1. The van der Waals surface area contributed by atoms with E-state index in [2.05, 4.69) is 15.5 Å². The number of halogens is 1. The van der Waals surface area contributed by atoms with Gasteiger partial charge >= 0.3 is 0 Å². The number of rotatable bonds is 3. The lowest BCUT2D eigenvalue weighted by molar-refractivity contribution is 0.102. The highest BCUT2D eigenvalue weighted by Gasteiger charge is 2.11. The monoisotopic (exact) mass is 247 g/mol. The van der Waals surface area contributed by atoms with Crippen molar-refractivity contribution >= 4 is 11.7 Å². The van der Waals surface area contributed by atoms with Crippen LogP contribution in [0.2, 0.25) is 0 Å². The Morgan fingerprint density at radius 3 is 2.89 bits per heavy atom. The Balaban J connectivity index is 2.19. The summed E-state index contributed by atoms with van der Waals surface area (Å²) in [5.41, 5.74) is 1.97. The normalized spacial score (nSPS) is 10.4. The first-order valence-electron chi connectivity index (χ1n) is 5.72. The second-order valence-corrected chi connectivity index (χ2v) is 4.05. The molecule has 0 spiro atoms. The van der Waals surface area contributed by atoms with Crippen molar-refractivity contribution in [2.24, 2.45) is 0 Å². The van der Waals surface area contributed by atoms with Gasteiger partial charge in [0.05, 0.1) is 0 Å². The van der Waals surface area contributed by atoms with Crippen LogP contribution in [0.25, 0.3) is 0 Å². The molecule has 0 fully saturated rings. The van der Waals surface area contributed by atoms with Crippen LogP contribution in [0.5, 0.6) is 0 Å². The number of benzene rings is 1. The standard InChI is InChI=1S/C13H14FN3O/c1-3-10-7-12(17-16-10)15-13(18)11-6-9(14)5-4-8(11)2/h4-7H,3H2,1-2H3,(H2,15,16,17,18). The number of hydrogen-bond acceptors (Lipinski definition) is 2. The number of carbonyl (C=O) groups excluding carboxylic acids is 1. The van der Waals surface area contributed by atoms with Crippen LogP contribution in [-0.4, -0.2) is 16.1 Å². The fraction of sp³-hybridized carbons (Fsp3) is 0.231. The van der Waals surface area contributed by atoms with Gasteiger partial charge in [0, 0.05) is 17.3 Å². The zero-order valence-corrected chi connectivity index (χ0v) is 10.2. The van der Waals surface area contributed by atoms with Crippen LogP contribution in [0.1, 0.15) is 28.5 Å². The van der Waals surface area contributed by atoms with Crippen LogP contribution < -0.4 is 5.32 Å². The summed E-state index contributed by atoms with van der Waals surface area (Å²) in [7, 11) is 0. The summed E-state index contributed by atoms with van der Waals surface area (Å²) in [4.78, 5) is 12.0. The second kappa shape index (κ2) is 5.00. The maximum Gasteiger partial charge on any atom is 0.257 e. The van der Waals surface area contributed by atoms with E-state index < -0.39 is 5.82 Å². The van der Waals surface area contributed by atoms with Crippen molar-refractivity contribution < 1.29 is 9.18 Å². The van der Waals surface area contributed by atoms with Gasteiger partial charge in [-0.15, -0.1) is 0 Å². The molecule has 0 bridgehead atoms. The van der Waals surface area contributed by atoms with Gasteiger partial charge in [-0.25, -0.2) is 4.39 Å². The third-order valence-electron chi connectivity index (χ3n) is 2.70. The molecule has 5 heteroatoms. The molecule has 0 aliphatic rings. The van der Waals surface area contributed by atoms with Gasteiger partial charge in [0.25, 0.3) is 5.91 Å². The maximum absolute atomic E-state index is 13.1. The number of hydrogen-bond donors (Lipinski definition) is 2. The van der Waals surface area contributed by atoms with Gasteiger partial charge in [-0.05, 0) is 31.0 Å². The fourth-order valence-corrected chi connectivity index (χ4v) is 1.63. The number of nitrogens with one attached hydrogen (secondary N) is 2. The van der Waals surface area contributed by atoms with Gasteiger partial charge in [0.2, 0.25) is 0 Å². The summed E-state index contributed by atoms with van der Waals surface area (Å²) in [5, 5.41) is 9.39. The molecule has 1 heterocycles. The SMILES string of the molecule is CCc1cc(NC(=O)c2cc(F)ccc2C)n[nH]1. The lowest BCUT2D eigenvalue weighted by Gasteiger charge is -2.05. The summed E-state index contributed by atoms with van der Waals surface area (Å²) in [6.07, 6.45) is 0.807. The number of aromatic nitrogens is 2. The number of aromatic amines is 1. The molecule has 18 heavy (non-hydrogen) atoms. The molecule has 2 aromatic rings. The van der Waals surface area contributed by atoms with Crippen molar-refractivity contribution in [2.45, 2.75) is 20.3 Å². The largest absolute Gasteiger partial charge is 0.305 e. The average Bonchev–Trinajstić information content (AvgIpc) is 2.80. The maximum atomic E-state index is 13.1. The van der Waals surface area contributed by atoms with E-state index >= 15 is 0 Å². The van der Waals surface area contributed by atoms with E-state index in [1.807, 2.05) is 6.92 Å². The molecule has 1 aromatic heterocycles. The summed E-state index contributed by atoms with van der Waals surface area (Å²) in [6, 6.07) is 5.88.